The molecule has 1 aromatic carbocycles. The number of methoxy groups -OCH3 is 1. The van der Waals surface area contributed by atoms with Gasteiger partial charge in [0.2, 0.25) is 0 Å². The lowest BCUT2D eigenvalue weighted by Crippen LogP contribution is -2.23. The Morgan fingerprint density at radius 3 is 2.72 bits per heavy atom. The van der Waals surface area contributed by atoms with Crippen molar-refractivity contribution in [1.82, 2.24) is 9.38 Å². The number of aromatic nitrogens is 2. The van der Waals surface area contributed by atoms with E-state index in [1.807, 2.05) is 42.0 Å². The van der Waals surface area contributed by atoms with E-state index in [1.54, 1.807) is 13.2 Å². The van der Waals surface area contributed by atoms with Gasteiger partial charge in [-0.05, 0) is 23.8 Å². The maximum absolute atomic E-state index is 6.41. The molecular formula is C18H20Cl2N4O. The van der Waals surface area contributed by atoms with Crippen LogP contribution in [-0.4, -0.2) is 36.7 Å². The van der Waals surface area contributed by atoms with E-state index in [4.69, 9.17) is 33.7 Å². The molecule has 2 N–H and O–H groups in total. The lowest BCUT2D eigenvalue weighted by Gasteiger charge is -2.19. The Hall–Kier alpha value is -1.79. The maximum Gasteiger partial charge on any atom is 0.138 e. The van der Waals surface area contributed by atoms with Crippen molar-refractivity contribution in [3.05, 3.63) is 52.3 Å². The molecule has 0 aliphatic rings. The molecule has 3 aromatic rings. The van der Waals surface area contributed by atoms with Crippen molar-refractivity contribution < 1.29 is 4.74 Å². The zero-order chi connectivity index (χ0) is 18.0. The number of benzene rings is 1. The number of pyridine rings is 1. The van der Waals surface area contributed by atoms with E-state index in [9.17, 15) is 0 Å². The average molecular weight is 379 g/mol. The largest absolute Gasteiger partial charge is 0.383 e. The monoisotopic (exact) mass is 378 g/mol. The Labute approximate surface area is 156 Å². The molecule has 0 fully saturated rings. The van der Waals surface area contributed by atoms with E-state index < -0.39 is 0 Å². The number of hydrogen-bond acceptors (Lipinski definition) is 4. The number of likely N-dealkylation sites (N-methyl/N-ethyl adjacent to an activating group) is 1. The molecule has 5 nitrogen and oxygen atoms in total. The second-order valence-corrected chi connectivity index (χ2v) is 6.64. The fraction of sp³-hybridized carbons (Fsp3) is 0.278. The number of hydrogen-bond donors (Lipinski definition) is 1. The molecule has 0 aliphatic carbocycles. The minimum Gasteiger partial charge on any atom is -0.383 e. The maximum atomic E-state index is 6.41. The van der Waals surface area contributed by atoms with Crippen molar-refractivity contribution in [1.29, 1.82) is 0 Å². The molecule has 0 spiro atoms. The average Bonchev–Trinajstić information content (AvgIpc) is 3.01. The summed E-state index contributed by atoms with van der Waals surface area (Å²) in [5.41, 5.74) is 9.64. The smallest absolute Gasteiger partial charge is 0.138 e. The van der Waals surface area contributed by atoms with Gasteiger partial charge in [0.05, 0.1) is 12.8 Å². The van der Waals surface area contributed by atoms with Gasteiger partial charge in [-0.1, -0.05) is 29.3 Å². The van der Waals surface area contributed by atoms with Crippen molar-refractivity contribution in [2.45, 2.75) is 6.54 Å². The van der Waals surface area contributed by atoms with Crippen LogP contribution in [0, 0.1) is 0 Å². The highest BCUT2D eigenvalue weighted by Gasteiger charge is 2.14. The molecule has 0 bridgehead atoms. The van der Waals surface area contributed by atoms with Gasteiger partial charge in [-0.2, -0.15) is 0 Å². The molecular weight excluding hydrogens is 359 g/mol. The van der Waals surface area contributed by atoms with Gasteiger partial charge in [0.15, 0.2) is 0 Å². The summed E-state index contributed by atoms with van der Waals surface area (Å²) in [6.07, 6.45) is 3.87. The molecule has 0 radical (unpaired) electrons. The first-order valence-corrected chi connectivity index (χ1v) is 8.66. The summed E-state index contributed by atoms with van der Waals surface area (Å²) >= 11 is 12.4. The van der Waals surface area contributed by atoms with Gasteiger partial charge in [-0.25, -0.2) is 4.98 Å². The summed E-state index contributed by atoms with van der Waals surface area (Å²) in [5, 5.41) is 1.20. The first kappa shape index (κ1) is 18.0. The summed E-state index contributed by atoms with van der Waals surface area (Å²) in [6.45, 7) is 1.80. The van der Waals surface area contributed by atoms with Gasteiger partial charge >= 0.3 is 0 Å². The number of anilines is 1. The van der Waals surface area contributed by atoms with Crippen molar-refractivity contribution >= 4 is 34.7 Å². The Balaban J connectivity index is 2.14. The van der Waals surface area contributed by atoms with Crippen LogP contribution in [0.15, 0.2) is 36.7 Å². The van der Waals surface area contributed by atoms with Gasteiger partial charge in [-0.3, -0.25) is 4.40 Å². The fourth-order valence-corrected chi connectivity index (χ4v) is 3.31. The van der Waals surface area contributed by atoms with Gasteiger partial charge in [-0.15, -0.1) is 0 Å². The molecule has 0 aliphatic heterocycles. The number of fused-ring (bicyclic) bond motifs is 1. The van der Waals surface area contributed by atoms with Gasteiger partial charge < -0.3 is 15.4 Å². The van der Waals surface area contributed by atoms with Crippen LogP contribution < -0.4 is 10.6 Å². The van der Waals surface area contributed by atoms with Crippen LogP contribution in [0.5, 0.6) is 0 Å². The molecule has 0 saturated carbocycles. The number of rotatable bonds is 6. The van der Waals surface area contributed by atoms with E-state index in [-0.39, 0.29) is 0 Å². The van der Waals surface area contributed by atoms with E-state index >= 15 is 0 Å². The third kappa shape index (κ3) is 3.60. The van der Waals surface area contributed by atoms with Gasteiger partial charge in [0.1, 0.15) is 11.5 Å². The molecule has 7 heteroatoms. The van der Waals surface area contributed by atoms with Crippen LogP contribution >= 0.6 is 23.2 Å². The molecule has 25 heavy (non-hydrogen) atoms. The summed E-state index contributed by atoms with van der Waals surface area (Å²) in [7, 11) is 3.70. The van der Waals surface area contributed by atoms with Crippen molar-refractivity contribution in [3.8, 4) is 11.1 Å². The fourth-order valence-electron chi connectivity index (χ4n) is 2.79. The normalized spacial score (nSPS) is 11.2. The first-order chi connectivity index (χ1) is 12.0. The quantitative estimate of drug-likeness (QED) is 0.707. The summed E-state index contributed by atoms with van der Waals surface area (Å²) in [5.74, 6) is 0.974. The van der Waals surface area contributed by atoms with E-state index in [1.165, 1.54) is 0 Å². The van der Waals surface area contributed by atoms with E-state index in [0.717, 1.165) is 34.7 Å². The van der Waals surface area contributed by atoms with E-state index in [0.29, 0.717) is 23.2 Å². The van der Waals surface area contributed by atoms with Crippen LogP contribution in [0.3, 0.4) is 0 Å². The zero-order valence-electron chi connectivity index (χ0n) is 14.2. The molecule has 2 aromatic heterocycles. The van der Waals surface area contributed by atoms with Crippen molar-refractivity contribution in [2.75, 3.05) is 32.2 Å². The highest BCUT2D eigenvalue weighted by molar-refractivity contribution is 6.36. The standard InChI is InChI=1S/C18H20Cl2N4O/c1-23(5-6-25-2)18-10-22-17-7-12(9-21)15(11-24(17)18)14-4-3-13(19)8-16(14)20/h3-4,7-8,10-11H,5-6,9,21H2,1-2H3. The number of imidazole rings is 1. The molecule has 0 atom stereocenters. The predicted molar refractivity (Wildman–Crippen MR) is 104 cm³/mol. The predicted octanol–water partition coefficient (Wildman–Crippen LogP) is 3.85. The molecule has 132 valence electrons. The summed E-state index contributed by atoms with van der Waals surface area (Å²) < 4.78 is 7.20. The highest BCUT2D eigenvalue weighted by atomic mass is 35.5. The van der Waals surface area contributed by atoms with Crippen LogP contribution in [0.25, 0.3) is 16.8 Å². The first-order valence-electron chi connectivity index (χ1n) is 7.90. The van der Waals surface area contributed by atoms with Crippen LogP contribution in [0.1, 0.15) is 5.56 Å². The highest BCUT2D eigenvalue weighted by Crippen LogP contribution is 2.33. The van der Waals surface area contributed by atoms with Crippen molar-refractivity contribution in [3.63, 3.8) is 0 Å². The van der Waals surface area contributed by atoms with Crippen LogP contribution in [0.4, 0.5) is 5.82 Å². The molecule has 0 saturated heterocycles. The summed E-state index contributed by atoms with van der Waals surface area (Å²) in [6, 6.07) is 7.47. The lowest BCUT2D eigenvalue weighted by molar-refractivity contribution is 0.206. The Morgan fingerprint density at radius 1 is 1.24 bits per heavy atom. The minimum atomic E-state index is 0.395. The number of halogens is 2. The third-order valence-corrected chi connectivity index (χ3v) is 4.72. The van der Waals surface area contributed by atoms with Gasteiger partial charge in [0, 0.05) is 54.6 Å². The lowest BCUT2D eigenvalue weighted by atomic mass is 10.0. The van der Waals surface area contributed by atoms with Gasteiger partial charge in [0.25, 0.3) is 0 Å². The molecule has 0 amide bonds. The number of ether oxygens (including phenoxy) is 1. The third-order valence-electron chi connectivity index (χ3n) is 4.18. The Morgan fingerprint density at radius 2 is 2.04 bits per heavy atom. The van der Waals surface area contributed by atoms with Crippen LogP contribution in [-0.2, 0) is 11.3 Å². The summed E-state index contributed by atoms with van der Waals surface area (Å²) in [4.78, 5) is 6.59. The zero-order valence-corrected chi connectivity index (χ0v) is 15.7. The Kier molecular flexibility index (Phi) is 5.49. The Bertz CT molecular complexity index is 894. The minimum absolute atomic E-state index is 0.395. The molecule has 2 heterocycles. The number of nitrogens with two attached hydrogens (primary N) is 1. The molecule has 0 unspecified atom stereocenters. The second kappa shape index (κ2) is 7.62. The SMILES string of the molecule is COCCN(C)c1cnc2cc(CN)c(-c3ccc(Cl)cc3Cl)cn12. The van der Waals surface area contributed by atoms with Crippen LogP contribution in [0.2, 0.25) is 10.0 Å². The van der Waals surface area contributed by atoms with Crippen molar-refractivity contribution in [2.24, 2.45) is 5.73 Å². The molecule has 3 rings (SSSR count). The second-order valence-electron chi connectivity index (χ2n) is 5.80. The van der Waals surface area contributed by atoms with E-state index in [2.05, 4.69) is 9.88 Å². The topological polar surface area (TPSA) is 55.8 Å². The number of nitrogens with zero attached hydrogens (tertiary/aromatic N) is 3.